The summed E-state index contributed by atoms with van der Waals surface area (Å²) in [6.07, 6.45) is 3.62. The Hall–Kier alpha value is -0.930. The van der Waals surface area contributed by atoms with Crippen molar-refractivity contribution in [3.63, 3.8) is 0 Å². The highest BCUT2D eigenvalue weighted by Crippen LogP contribution is 2.13. The topological polar surface area (TPSA) is 34.1 Å². The van der Waals surface area contributed by atoms with Crippen LogP contribution in [0.4, 0.5) is 0 Å². The molecule has 0 bridgehead atoms. The van der Waals surface area contributed by atoms with E-state index in [0.29, 0.717) is 6.04 Å². The summed E-state index contributed by atoms with van der Waals surface area (Å²) in [6, 6.07) is 4.39. The highest BCUT2D eigenvalue weighted by Gasteiger charge is 2.13. The van der Waals surface area contributed by atoms with Gasteiger partial charge in [-0.25, -0.2) is 0 Å². The van der Waals surface area contributed by atoms with Crippen LogP contribution in [-0.4, -0.2) is 24.7 Å². The molecule has 2 heterocycles. The molecule has 1 aromatic heterocycles. The number of hydrogen-bond donors (Lipinski definition) is 1. The third-order valence-electron chi connectivity index (χ3n) is 2.03. The van der Waals surface area contributed by atoms with Crippen LogP contribution < -0.4 is 5.32 Å². The fraction of sp³-hybridized carbons (Fsp3) is 0.444. The molecular formula is C9H12N2O. The maximum atomic E-state index is 5.35. The monoisotopic (exact) mass is 164 g/mol. The zero-order chi connectivity index (χ0) is 8.23. The molecule has 1 aliphatic heterocycles. The van der Waals surface area contributed by atoms with Gasteiger partial charge in [-0.15, -0.1) is 0 Å². The predicted octanol–water partition coefficient (Wildman–Crippen LogP) is 0.742. The number of rotatable bonds is 1. The minimum atomic E-state index is 0.349. The lowest BCUT2D eigenvalue weighted by atomic mass is 10.1. The van der Waals surface area contributed by atoms with Crippen molar-refractivity contribution in [2.24, 2.45) is 0 Å². The molecule has 1 aliphatic rings. The number of aromatic nitrogens is 1. The van der Waals surface area contributed by atoms with E-state index in [1.807, 2.05) is 24.5 Å². The zero-order valence-corrected chi connectivity index (χ0v) is 6.86. The molecule has 0 radical (unpaired) electrons. The number of nitrogens with zero attached hydrogens (tertiary/aromatic N) is 1. The second kappa shape index (κ2) is 3.65. The molecule has 0 amide bonds. The highest BCUT2D eigenvalue weighted by molar-refractivity contribution is 5.15. The quantitative estimate of drug-likeness (QED) is 0.664. The summed E-state index contributed by atoms with van der Waals surface area (Å²) < 4.78 is 5.35. The number of pyridine rings is 1. The van der Waals surface area contributed by atoms with Crippen LogP contribution >= 0.6 is 0 Å². The van der Waals surface area contributed by atoms with Crippen LogP contribution in [-0.2, 0) is 4.74 Å². The smallest absolute Gasteiger partial charge is 0.0662 e. The highest BCUT2D eigenvalue weighted by atomic mass is 16.5. The largest absolute Gasteiger partial charge is 0.378 e. The molecular weight excluding hydrogens is 152 g/mol. The Bertz CT molecular complexity index is 232. The summed E-state index contributed by atoms with van der Waals surface area (Å²) in [5.41, 5.74) is 1.25. The van der Waals surface area contributed by atoms with Crippen molar-refractivity contribution in [2.45, 2.75) is 6.04 Å². The van der Waals surface area contributed by atoms with Crippen LogP contribution in [0.2, 0.25) is 0 Å². The van der Waals surface area contributed by atoms with Crippen molar-refractivity contribution in [2.75, 3.05) is 19.8 Å². The minimum Gasteiger partial charge on any atom is -0.378 e. The molecule has 3 heteroatoms. The fourth-order valence-corrected chi connectivity index (χ4v) is 1.38. The molecule has 1 N–H and O–H groups in total. The fourth-order valence-electron chi connectivity index (χ4n) is 1.38. The Labute approximate surface area is 71.8 Å². The van der Waals surface area contributed by atoms with E-state index in [0.717, 1.165) is 19.8 Å². The van der Waals surface area contributed by atoms with Crippen molar-refractivity contribution >= 4 is 0 Å². The van der Waals surface area contributed by atoms with E-state index in [-0.39, 0.29) is 0 Å². The van der Waals surface area contributed by atoms with E-state index in [1.54, 1.807) is 0 Å². The number of morpholine rings is 1. The van der Waals surface area contributed by atoms with Gasteiger partial charge in [-0.05, 0) is 17.7 Å². The molecule has 0 saturated carbocycles. The molecule has 0 spiro atoms. The first-order valence-corrected chi connectivity index (χ1v) is 4.18. The first-order valence-electron chi connectivity index (χ1n) is 4.18. The van der Waals surface area contributed by atoms with Crippen LogP contribution in [0, 0.1) is 0 Å². The van der Waals surface area contributed by atoms with E-state index < -0.39 is 0 Å². The molecule has 0 aromatic carbocycles. The molecule has 0 aliphatic carbocycles. The van der Waals surface area contributed by atoms with Crippen molar-refractivity contribution < 1.29 is 4.74 Å². The van der Waals surface area contributed by atoms with Gasteiger partial charge in [-0.2, -0.15) is 0 Å². The summed E-state index contributed by atoms with van der Waals surface area (Å²) in [4.78, 5) is 3.97. The Morgan fingerprint density at radius 1 is 1.42 bits per heavy atom. The lowest BCUT2D eigenvalue weighted by molar-refractivity contribution is 0.0768. The maximum Gasteiger partial charge on any atom is 0.0662 e. The maximum absolute atomic E-state index is 5.35. The van der Waals surface area contributed by atoms with Crippen LogP contribution in [0.15, 0.2) is 24.5 Å². The van der Waals surface area contributed by atoms with E-state index in [2.05, 4.69) is 10.3 Å². The van der Waals surface area contributed by atoms with Crippen LogP contribution in [0.3, 0.4) is 0 Å². The SMILES string of the molecule is c1cc([C@@H]2COCCN2)ccn1. The van der Waals surface area contributed by atoms with Gasteiger partial charge in [-0.3, -0.25) is 4.98 Å². The summed E-state index contributed by atoms with van der Waals surface area (Å²) in [6.45, 7) is 2.53. The Kier molecular flexibility index (Phi) is 2.34. The molecule has 1 saturated heterocycles. The average Bonchev–Trinajstić information content (AvgIpc) is 2.21. The van der Waals surface area contributed by atoms with Crippen molar-refractivity contribution in [1.29, 1.82) is 0 Å². The third-order valence-corrected chi connectivity index (χ3v) is 2.03. The standard InChI is InChI=1S/C9H12N2O/c1-3-10-4-2-8(1)9-7-12-6-5-11-9/h1-4,9,11H,5-7H2/t9-/m0/s1. The van der Waals surface area contributed by atoms with Crippen molar-refractivity contribution in [3.8, 4) is 0 Å². The predicted molar refractivity (Wildman–Crippen MR) is 45.8 cm³/mol. The third kappa shape index (κ3) is 1.62. The van der Waals surface area contributed by atoms with E-state index in [1.165, 1.54) is 5.56 Å². The average molecular weight is 164 g/mol. The van der Waals surface area contributed by atoms with E-state index >= 15 is 0 Å². The van der Waals surface area contributed by atoms with Crippen LogP contribution in [0.1, 0.15) is 11.6 Å². The Morgan fingerprint density at radius 2 is 2.25 bits per heavy atom. The summed E-state index contributed by atoms with van der Waals surface area (Å²) in [5, 5.41) is 3.38. The van der Waals surface area contributed by atoms with Gasteiger partial charge in [-0.1, -0.05) is 0 Å². The van der Waals surface area contributed by atoms with Gasteiger partial charge in [0, 0.05) is 18.9 Å². The van der Waals surface area contributed by atoms with Gasteiger partial charge >= 0.3 is 0 Å². The molecule has 3 nitrogen and oxygen atoms in total. The second-order valence-electron chi connectivity index (χ2n) is 2.86. The lowest BCUT2D eigenvalue weighted by Gasteiger charge is -2.23. The zero-order valence-electron chi connectivity index (χ0n) is 6.86. The van der Waals surface area contributed by atoms with Gasteiger partial charge in [0.2, 0.25) is 0 Å². The first-order chi connectivity index (χ1) is 5.97. The van der Waals surface area contributed by atoms with Crippen LogP contribution in [0.5, 0.6) is 0 Å². The molecule has 2 rings (SSSR count). The van der Waals surface area contributed by atoms with Crippen molar-refractivity contribution in [3.05, 3.63) is 30.1 Å². The number of hydrogen-bond acceptors (Lipinski definition) is 3. The van der Waals surface area contributed by atoms with E-state index in [9.17, 15) is 0 Å². The number of nitrogens with one attached hydrogen (secondary N) is 1. The molecule has 64 valence electrons. The number of ether oxygens (including phenoxy) is 1. The van der Waals surface area contributed by atoms with Gasteiger partial charge in [0.15, 0.2) is 0 Å². The Morgan fingerprint density at radius 3 is 2.92 bits per heavy atom. The summed E-state index contributed by atoms with van der Waals surface area (Å²) >= 11 is 0. The first kappa shape index (κ1) is 7.71. The Balaban J connectivity index is 2.08. The summed E-state index contributed by atoms with van der Waals surface area (Å²) in [7, 11) is 0. The van der Waals surface area contributed by atoms with Gasteiger partial charge in [0.1, 0.15) is 0 Å². The van der Waals surface area contributed by atoms with E-state index in [4.69, 9.17) is 4.74 Å². The van der Waals surface area contributed by atoms with Gasteiger partial charge in [0.05, 0.1) is 19.3 Å². The van der Waals surface area contributed by atoms with Gasteiger partial charge in [0.25, 0.3) is 0 Å². The molecule has 1 aromatic rings. The lowest BCUT2D eigenvalue weighted by Crippen LogP contribution is -2.34. The normalized spacial score (nSPS) is 23.8. The molecule has 0 unspecified atom stereocenters. The van der Waals surface area contributed by atoms with Crippen LogP contribution in [0.25, 0.3) is 0 Å². The minimum absolute atomic E-state index is 0.349. The molecule has 1 fully saturated rings. The van der Waals surface area contributed by atoms with Crippen molar-refractivity contribution in [1.82, 2.24) is 10.3 Å². The molecule has 12 heavy (non-hydrogen) atoms. The van der Waals surface area contributed by atoms with Gasteiger partial charge < -0.3 is 10.1 Å². The summed E-state index contributed by atoms with van der Waals surface area (Å²) in [5.74, 6) is 0. The second-order valence-corrected chi connectivity index (χ2v) is 2.86. The molecule has 1 atom stereocenters.